The summed E-state index contributed by atoms with van der Waals surface area (Å²) in [5, 5.41) is 0. The van der Waals surface area contributed by atoms with Crippen LogP contribution in [0.3, 0.4) is 0 Å². The highest BCUT2D eigenvalue weighted by atomic mass is 79.9. The van der Waals surface area contributed by atoms with Crippen LogP contribution in [0, 0.1) is 0 Å². The number of halogens is 3. The quantitative estimate of drug-likeness (QED) is 0.787. The van der Waals surface area contributed by atoms with Crippen LogP contribution in [-0.4, -0.2) is 5.76 Å². The Bertz CT molecular complexity index is 235. The van der Waals surface area contributed by atoms with Crippen LogP contribution in [-0.2, 0) is 5.75 Å². The van der Waals surface area contributed by atoms with Gasteiger partial charge in [-0.05, 0) is 17.7 Å². The fourth-order valence-electron chi connectivity index (χ4n) is 0.740. The van der Waals surface area contributed by atoms with Crippen LogP contribution >= 0.6 is 27.7 Å². The summed E-state index contributed by atoms with van der Waals surface area (Å²) in [6.07, 6.45) is 0. The molecule has 1 rings (SSSR count). The molecule has 0 saturated carbocycles. The Hall–Kier alpha value is -0.0900. The highest BCUT2D eigenvalue weighted by Crippen LogP contribution is 2.20. The number of hydrogen-bond acceptors (Lipinski definition) is 1. The van der Waals surface area contributed by atoms with E-state index in [0.717, 1.165) is 10.0 Å². The first-order chi connectivity index (χ1) is 5.68. The molecule has 0 unspecified atom stereocenters. The third kappa shape index (κ3) is 3.54. The highest BCUT2D eigenvalue weighted by molar-refractivity contribution is 9.10. The Kier molecular flexibility index (Phi) is 4.01. The highest BCUT2D eigenvalue weighted by Gasteiger charge is 2.02. The van der Waals surface area contributed by atoms with Gasteiger partial charge in [0.25, 0.3) is 5.76 Å². The van der Waals surface area contributed by atoms with Crippen LogP contribution in [0.25, 0.3) is 0 Å². The van der Waals surface area contributed by atoms with E-state index in [9.17, 15) is 8.78 Å². The smallest absolute Gasteiger partial charge is 0.198 e. The molecule has 0 aliphatic carbocycles. The van der Waals surface area contributed by atoms with Crippen molar-refractivity contribution >= 4 is 27.7 Å². The molecule has 4 heteroatoms. The van der Waals surface area contributed by atoms with Gasteiger partial charge in [-0.25, -0.2) is 0 Å². The topological polar surface area (TPSA) is 0 Å². The maximum absolute atomic E-state index is 11.8. The van der Waals surface area contributed by atoms with E-state index in [2.05, 4.69) is 15.9 Å². The average Bonchev–Trinajstić information content (AvgIpc) is 2.03. The molecule has 0 atom stereocenters. The third-order valence-electron chi connectivity index (χ3n) is 1.29. The molecule has 12 heavy (non-hydrogen) atoms. The molecule has 0 radical (unpaired) electrons. The SMILES string of the molecule is FC(F)SCc1ccc(Br)cc1. The van der Waals surface area contributed by atoms with Gasteiger partial charge >= 0.3 is 0 Å². The van der Waals surface area contributed by atoms with Gasteiger partial charge in [-0.15, -0.1) is 0 Å². The van der Waals surface area contributed by atoms with Crippen molar-refractivity contribution in [3.05, 3.63) is 34.3 Å². The summed E-state index contributed by atoms with van der Waals surface area (Å²) in [5.41, 5.74) is 0.920. The van der Waals surface area contributed by atoms with Crippen molar-refractivity contribution in [1.29, 1.82) is 0 Å². The van der Waals surface area contributed by atoms with E-state index in [1.54, 1.807) is 0 Å². The minimum absolute atomic E-state index is 0.366. The zero-order valence-electron chi connectivity index (χ0n) is 6.14. The van der Waals surface area contributed by atoms with Gasteiger partial charge in [-0.1, -0.05) is 39.8 Å². The van der Waals surface area contributed by atoms with E-state index in [4.69, 9.17) is 0 Å². The summed E-state index contributed by atoms with van der Waals surface area (Å²) >= 11 is 3.91. The van der Waals surface area contributed by atoms with E-state index in [1.165, 1.54) is 0 Å². The molecule has 0 saturated heterocycles. The van der Waals surface area contributed by atoms with Crippen molar-refractivity contribution in [1.82, 2.24) is 0 Å². The Morgan fingerprint density at radius 2 is 1.83 bits per heavy atom. The minimum atomic E-state index is -2.28. The maximum Gasteiger partial charge on any atom is 0.284 e. The lowest BCUT2D eigenvalue weighted by Crippen LogP contribution is -1.84. The predicted molar refractivity (Wildman–Crippen MR) is 51.4 cm³/mol. The Morgan fingerprint density at radius 1 is 1.25 bits per heavy atom. The van der Waals surface area contributed by atoms with Crippen molar-refractivity contribution in [2.75, 3.05) is 0 Å². The molecule has 0 N–H and O–H groups in total. The molecule has 0 heterocycles. The summed E-state index contributed by atoms with van der Waals surface area (Å²) in [6.45, 7) is 0. The van der Waals surface area contributed by atoms with E-state index in [0.29, 0.717) is 17.5 Å². The molecular formula is C8H7BrF2S. The van der Waals surface area contributed by atoms with Crippen LogP contribution in [0.1, 0.15) is 5.56 Å². The van der Waals surface area contributed by atoms with Gasteiger partial charge in [0.15, 0.2) is 0 Å². The number of benzene rings is 1. The number of thioether (sulfide) groups is 1. The molecular weight excluding hydrogens is 246 g/mol. The fourth-order valence-corrected chi connectivity index (χ4v) is 1.52. The Morgan fingerprint density at radius 3 is 2.33 bits per heavy atom. The summed E-state index contributed by atoms with van der Waals surface area (Å²) in [6, 6.07) is 7.36. The minimum Gasteiger partial charge on any atom is -0.198 e. The van der Waals surface area contributed by atoms with E-state index < -0.39 is 5.76 Å². The standard InChI is InChI=1S/C8H7BrF2S/c9-7-3-1-6(2-4-7)5-12-8(10)11/h1-4,8H,5H2. The molecule has 0 nitrogen and oxygen atoms in total. The average molecular weight is 253 g/mol. The zero-order valence-corrected chi connectivity index (χ0v) is 8.54. The van der Waals surface area contributed by atoms with Gasteiger partial charge < -0.3 is 0 Å². The van der Waals surface area contributed by atoms with Gasteiger partial charge in [-0.3, -0.25) is 0 Å². The second-order valence-electron chi connectivity index (χ2n) is 2.20. The monoisotopic (exact) mass is 252 g/mol. The summed E-state index contributed by atoms with van der Waals surface area (Å²) in [5.74, 6) is -1.92. The van der Waals surface area contributed by atoms with Gasteiger partial charge in [0.05, 0.1) is 0 Å². The molecule has 1 aromatic rings. The number of alkyl halides is 2. The van der Waals surface area contributed by atoms with Crippen LogP contribution in [0.15, 0.2) is 28.7 Å². The molecule has 1 aromatic carbocycles. The number of hydrogen-bond donors (Lipinski definition) is 0. The van der Waals surface area contributed by atoms with Crippen LogP contribution in [0.5, 0.6) is 0 Å². The first-order valence-electron chi connectivity index (χ1n) is 3.32. The second-order valence-corrected chi connectivity index (χ2v) is 4.09. The van der Waals surface area contributed by atoms with Gasteiger partial charge in [0.2, 0.25) is 0 Å². The number of rotatable bonds is 3. The van der Waals surface area contributed by atoms with Crippen molar-refractivity contribution in [3.63, 3.8) is 0 Å². The largest absolute Gasteiger partial charge is 0.284 e. The van der Waals surface area contributed by atoms with Crippen molar-refractivity contribution < 1.29 is 8.78 Å². The fraction of sp³-hybridized carbons (Fsp3) is 0.250. The van der Waals surface area contributed by atoms with Crippen molar-refractivity contribution in [2.24, 2.45) is 0 Å². The van der Waals surface area contributed by atoms with E-state index >= 15 is 0 Å². The maximum atomic E-state index is 11.8. The second kappa shape index (κ2) is 4.82. The predicted octanol–water partition coefficient (Wildman–Crippen LogP) is 3.90. The molecule has 0 aromatic heterocycles. The summed E-state index contributed by atoms with van der Waals surface area (Å²) in [4.78, 5) is 0. The van der Waals surface area contributed by atoms with Crippen LogP contribution < -0.4 is 0 Å². The lowest BCUT2D eigenvalue weighted by molar-refractivity contribution is 0.252. The Labute approximate surface area is 82.5 Å². The first kappa shape index (κ1) is 9.99. The Balaban J connectivity index is 2.48. The molecule has 0 aliphatic rings. The van der Waals surface area contributed by atoms with Crippen LogP contribution in [0.4, 0.5) is 8.78 Å². The third-order valence-corrected chi connectivity index (χ3v) is 2.57. The van der Waals surface area contributed by atoms with E-state index in [1.807, 2.05) is 24.3 Å². The molecule has 0 bridgehead atoms. The van der Waals surface area contributed by atoms with Gasteiger partial charge in [-0.2, -0.15) is 8.78 Å². The van der Waals surface area contributed by atoms with Crippen molar-refractivity contribution in [2.45, 2.75) is 11.5 Å². The molecule has 0 fully saturated rings. The molecule has 66 valence electrons. The van der Waals surface area contributed by atoms with Crippen LogP contribution in [0.2, 0.25) is 0 Å². The van der Waals surface area contributed by atoms with E-state index in [-0.39, 0.29) is 0 Å². The molecule has 0 amide bonds. The van der Waals surface area contributed by atoms with Crippen molar-refractivity contribution in [3.8, 4) is 0 Å². The first-order valence-corrected chi connectivity index (χ1v) is 5.17. The zero-order chi connectivity index (χ0) is 8.97. The lowest BCUT2D eigenvalue weighted by atomic mass is 10.2. The molecule has 0 spiro atoms. The summed E-state index contributed by atoms with van der Waals surface area (Å²) < 4.78 is 24.5. The molecule has 0 aliphatic heterocycles. The summed E-state index contributed by atoms with van der Waals surface area (Å²) in [7, 11) is 0. The van der Waals surface area contributed by atoms with Gasteiger partial charge in [0.1, 0.15) is 0 Å². The normalized spacial score (nSPS) is 10.7. The lowest BCUT2D eigenvalue weighted by Gasteiger charge is -1.99. The van der Waals surface area contributed by atoms with Gasteiger partial charge in [0, 0.05) is 10.2 Å².